The third kappa shape index (κ3) is 3.19. The molecule has 0 atom stereocenters. The molecule has 2 aromatic rings. The number of imide groups is 1. The van der Waals surface area contributed by atoms with E-state index in [-0.39, 0.29) is 24.9 Å². The number of urea groups is 1. The molecule has 1 N–H and O–H groups in total. The van der Waals surface area contributed by atoms with Crippen molar-refractivity contribution in [3.8, 4) is 17.2 Å². The summed E-state index contributed by atoms with van der Waals surface area (Å²) in [5, 5.41) is 2.63. The van der Waals surface area contributed by atoms with Crippen LogP contribution in [0.5, 0.6) is 17.2 Å². The number of aryl methyl sites for hydroxylation is 1. The third-order valence-electron chi connectivity index (χ3n) is 4.38. The zero-order valence-electron chi connectivity index (χ0n) is 14.9. The first-order chi connectivity index (χ1) is 13.0. The molecular formula is C20H18N2O5. The monoisotopic (exact) mass is 366 g/mol. The predicted octanol–water partition coefficient (Wildman–Crippen LogP) is 2.83. The standard InChI is InChI=1S/C20H18N2O5/c1-12-4-3-5-13(6-12)10-22-19(23)15(21-20(22)24)7-14-8-16(25-2)18-17(9-14)26-11-27-18/h3-9H,10-11H2,1-2H3,(H,21,24)/b15-7+. The minimum absolute atomic E-state index is 0.117. The van der Waals surface area contributed by atoms with Gasteiger partial charge in [0.2, 0.25) is 12.5 Å². The molecule has 0 aliphatic carbocycles. The van der Waals surface area contributed by atoms with E-state index < -0.39 is 6.03 Å². The Balaban J connectivity index is 1.60. The lowest BCUT2D eigenvalue weighted by Crippen LogP contribution is -2.30. The maximum Gasteiger partial charge on any atom is 0.329 e. The van der Waals surface area contributed by atoms with Gasteiger partial charge in [0.1, 0.15) is 5.70 Å². The Labute approximate surface area is 156 Å². The second-order valence-corrected chi connectivity index (χ2v) is 6.33. The summed E-state index contributed by atoms with van der Waals surface area (Å²) in [6, 6.07) is 10.7. The van der Waals surface area contributed by atoms with E-state index in [0.717, 1.165) is 11.1 Å². The van der Waals surface area contributed by atoms with Gasteiger partial charge in [-0.1, -0.05) is 29.8 Å². The molecule has 0 saturated carbocycles. The van der Waals surface area contributed by atoms with Crippen LogP contribution in [0.15, 0.2) is 42.1 Å². The highest BCUT2D eigenvalue weighted by Crippen LogP contribution is 2.42. The van der Waals surface area contributed by atoms with Gasteiger partial charge >= 0.3 is 6.03 Å². The first kappa shape index (κ1) is 17.0. The molecule has 2 aliphatic heterocycles. The van der Waals surface area contributed by atoms with E-state index in [1.807, 2.05) is 31.2 Å². The van der Waals surface area contributed by atoms with Crippen molar-refractivity contribution in [3.63, 3.8) is 0 Å². The first-order valence-electron chi connectivity index (χ1n) is 8.43. The zero-order chi connectivity index (χ0) is 19.0. The molecule has 0 unspecified atom stereocenters. The fraction of sp³-hybridized carbons (Fsp3) is 0.200. The molecule has 138 valence electrons. The van der Waals surface area contributed by atoms with Crippen LogP contribution in [-0.2, 0) is 11.3 Å². The number of carbonyl (C=O) groups excluding carboxylic acids is 2. The van der Waals surface area contributed by atoms with Gasteiger partial charge in [-0.2, -0.15) is 0 Å². The zero-order valence-corrected chi connectivity index (χ0v) is 14.9. The molecule has 4 rings (SSSR count). The van der Waals surface area contributed by atoms with Crippen molar-refractivity contribution in [2.24, 2.45) is 0 Å². The predicted molar refractivity (Wildman–Crippen MR) is 97.4 cm³/mol. The summed E-state index contributed by atoms with van der Waals surface area (Å²) in [4.78, 5) is 26.1. The number of ether oxygens (including phenoxy) is 3. The molecule has 0 spiro atoms. The summed E-state index contributed by atoms with van der Waals surface area (Å²) in [5.41, 5.74) is 2.83. The summed E-state index contributed by atoms with van der Waals surface area (Å²) in [6.45, 7) is 2.30. The van der Waals surface area contributed by atoms with Crippen molar-refractivity contribution in [1.29, 1.82) is 0 Å². The van der Waals surface area contributed by atoms with Gasteiger partial charge in [-0.25, -0.2) is 4.79 Å². The number of nitrogens with one attached hydrogen (secondary N) is 1. The van der Waals surface area contributed by atoms with Crippen molar-refractivity contribution < 1.29 is 23.8 Å². The Morgan fingerprint density at radius 2 is 2.07 bits per heavy atom. The molecule has 2 aliphatic rings. The van der Waals surface area contributed by atoms with Gasteiger partial charge in [0.05, 0.1) is 13.7 Å². The van der Waals surface area contributed by atoms with Crippen molar-refractivity contribution in [1.82, 2.24) is 10.2 Å². The molecular weight excluding hydrogens is 348 g/mol. The van der Waals surface area contributed by atoms with Crippen LogP contribution < -0.4 is 19.5 Å². The number of benzene rings is 2. The average molecular weight is 366 g/mol. The number of nitrogens with zero attached hydrogens (tertiary/aromatic N) is 1. The number of methoxy groups -OCH3 is 1. The SMILES string of the molecule is COc1cc(/C=C2/NC(=O)N(Cc3cccc(C)c3)C2=O)cc2c1OCO2. The lowest BCUT2D eigenvalue weighted by molar-refractivity contribution is -0.123. The van der Waals surface area contributed by atoms with E-state index in [1.54, 1.807) is 18.2 Å². The molecule has 2 heterocycles. The molecule has 1 fully saturated rings. The lowest BCUT2D eigenvalue weighted by atomic mass is 10.1. The maximum absolute atomic E-state index is 12.7. The Morgan fingerprint density at radius 1 is 1.22 bits per heavy atom. The Hall–Kier alpha value is -3.48. The van der Waals surface area contributed by atoms with Crippen LogP contribution in [0.1, 0.15) is 16.7 Å². The van der Waals surface area contributed by atoms with Crippen LogP contribution >= 0.6 is 0 Å². The largest absolute Gasteiger partial charge is 0.493 e. The van der Waals surface area contributed by atoms with E-state index in [0.29, 0.717) is 22.8 Å². The van der Waals surface area contributed by atoms with Crippen molar-refractivity contribution in [2.45, 2.75) is 13.5 Å². The van der Waals surface area contributed by atoms with Crippen LogP contribution in [0.4, 0.5) is 4.79 Å². The Bertz CT molecular complexity index is 967. The molecule has 7 heteroatoms. The first-order valence-corrected chi connectivity index (χ1v) is 8.43. The highest BCUT2D eigenvalue weighted by Gasteiger charge is 2.33. The van der Waals surface area contributed by atoms with Crippen molar-refractivity contribution in [3.05, 3.63) is 58.8 Å². The number of amides is 3. The minimum Gasteiger partial charge on any atom is -0.493 e. The van der Waals surface area contributed by atoms with Gasteiger partial charge in [0, 0.05) is 0 Å². The molecule has 0 radical (unpaired) electrons. The average Bonchev–Trinajstić information content (AvgIpc) is 3.21. The van der Waals surface area contributed by atoms with Crippen LogP contribution in [0.3, 0.4) is 0 Å². The Kier molecular flexibility index (Phi) is 4.19. The lowest BCUT2D eigenvalue weighted by Gasteiger charge is -2.12. The molecule has 2 aromatic carbocycles. The van der Waals surface area contributed by atoms with Gasteiger partial charge in [-0.3, -0.25) is 9.69 Å². The van der Waals surface area contributed by atoms with E-state index in [2.05, 4.69) is 5.32 Å². The van der Waals surface area contributed by atoms with Crippen LogP contribution in [0.25, 0.3) is 6.08 Å². The molecule has 0 bridgehead atoms. The van der Waals surface area contributed by atoms with E-state index >= 15 is 0 Å². The summed E-state index contributed by atoms with van der Waals surface area (Å²) >= 11 is 0. The quantitative estimate of drug-likeness (QED) is 0.665. The molecule has 0 aromatic heterocycles. The van der Waals surface area contributed by atoms with Gasteiger partial charge in [-0.15, -0.1) is 0 Å². The minimum atomic E-state index is -0.444. The number of hydrogen-bond donors (Lipinski definition) is 1. The van der Waals surface area contributed by atoms with E-state index in [1.165, 1.54) is 12.0 Å². The summed E-state index contributed by atoms with van der Waals surface area (Å²) < 4.78 is 16.1. The van der Waals surface area contributed by atoms with Crippen LogP contribution in [0.2, 0.25) is 0 Å². The normalized spacial score (nSPS) is 16.8. The van der Waals surface area contributed by atoms with Gasteiger partial charge < -0.3 is 19.5 Å². The number of fused-ring (bicyclic) bond motifs is 1. The third-order valence-corrected chi connectivity index (χ3v) is 4.38. The number of hydrogen-bond acceptors (Lipinski definition) is 5. The summed E-state index contributed by atoms with van der Waals surface area (Å²) in [7, 11) is 1.53. The fourth-order valence-electron chi connectivity index (χ4n) is 3.11. The van der Waals surface area contributed by atoms with Crippen molar-refractivity contribution >= 4 is 18.0 Å². The second kappa shape index (κ2) is 6.68. The van der Waals surface area contributed by atoms with E-state index in [9.17, 15) is 9.59 Å². The second-order valence-electron chi connectivity index (χ2n) is 6.33. The van der Waals surface area contributed by atoms with Gasteiger partial charge in [-0.05, 0) is 36.3 Å². The smallest absolute Gasteiger partial charge is 0.329 e. The molecule has 7 nitrogen and oxygen atoms in total. The van der Waals surface area contributed by atoms with Gasteiger partial charge in [0.15, 0.2) is 11.5 Å². The summed E-state index contributed by atoms with van der Waals surface area (Å²) in [5.74, 6) is 1.19. The highest BCUT2D eigenvalue weighted by molar-refractivity contribution is 6.13. The van der Waals surface area contributed by atoms with Crippen molar-refractivity contribution in [2.75, 3.05) is 13.9 Å². The van der Waals surface area contributed by atoms with Gasteiger partial charge in [0.25, 0.3) is 5.91 Å². The highest BCUT2D eigenvalue weighted by atomic mass is 16.7. The number of carbonyl (C=O) groups is 2. The number of rotatable bonds is 4. The van der Waals surface area contributed by atoms with E-state index in [4.69, 9.17) is 14.2 Å². The van der Waals surface area contributed by atoms with Crippen LogP contribution in [0, 0.1) is 6.92 Å². The molecule has 1 saturated heterocycles. The molecule has 3 amide bonds. The Morgan fingerprint density at radius 3 is 2.85 bits per heavy atom. The molecule has 27 heavy (non-hydrogen) atoms. The maximum atomic E-state index is 12.7. The summed E-state index contributed by atoms with van der Waals surface area (Å²) in [6.07, 6.45) is 1.60. The van der Waals surface area contributed by atoms with Crippen LogP contribution in [-0.4, -0.2) is 30.7 Å². The fourth-order valence-corrected chi connectivity index (χ4v) is 3.11. The topological polar surface area (TPSA) is 77.1 Å².